The van der Waals surface area contributed by atoms with Gasteiger partial charge in [-0.25, -0.2) is 4.79 Å². The summed E-state index contributed by atoms with van der Waals surface area (Å²) in [6, 6.07) is 0. The van der Waals surface area contributed by atoms with Gasteiger partial charge in [-0.2, -0.15) is 5.01 Å². The molecule has 0 aliphatic carbocycles. The van der Waals surface area contributed by atoms with E-state index in [0.29, 0.717) is 12.5 Å². The second-order valence-electron chi connectivity index (χ2n) is 4.07. The van der Waals surface area contributed by atoms with E-state index in [1.165, 1.54) is 4.79 Å². The summed E-state index contributed by atoms with van der Waals surface area (Å²) in [6.07, 6.45) is 1.98. The first-order valence-electron chi connectivity index (χ1n) is 5.53. The molecular weight excluding hydrogens is 224 g/mol. The molecule has 0 bridgehead atoms. The first-order valence-corrected chi connectivity index (χ1v) is 5.53. The quantitative estimate of drug-likeness (QED) is 0.773. The van der Waals surface area contributed by atoms with Crippen molar-refractivity contribution in [3.8, 4) is 0 Å². The van der Waals surface area contributed by atoms with Gasteiger partial charge in [-0.3, -0.25) is 9.84 Å². The van der Waals surface area contributed by atoms with Crippen molar-refractivity contribution in [3.05, 3.63) is 6.20 Å². The van der Waals surface area contributed by atoms with Gasteiger partial charge in [-0.05, 0) is 5.92 Å². The van der Waals surface area contributed by atoms with E-state index in [0.717, 1.165) is 6.42 Å². The number of carbonyl (C=O) groups excluding carboxylic acids is 1. The number of amides is 1. The van der Waals surface area contributed by atoms with Crippen molar-refractivity contribution in [2.45, 2.75) is 20.3 Å². The topological polar surface area (TPSA) is 71.5 Å². The fourth-order valence-corrected chi connectivity index (χ4v) is 0.954. The lowest BCUT2D eigenvalue weighted by molar-refractivity contribution is -0.753. The predicted molar refractivity (Wildman–Crippen MR) is 61.2 cm³/mol. The Morgan fingerprint density at radius 2 is 2.41 bits per heavy atom. The molecule has 1 aromatic heterocycles. The van der Waals surface area contributed by atoms with Crippen LogP contribution < -0.4 is 15.1 Å². The predicted octanol–water partition coefficient (Wildman–Crippen LogP) is 0.754. The number of anilines is 1. The van der Waals surface area contributed by atoms with Gasteiger partial charge >= 0.3 is 12.0 Å². The molecule has 1 N–H and O–H groups in total. The number of hydrogen-bond acceptors (Lipinski definition) is 5. The third-order valence-corrected chi connectivity index (χ3v) is 2.29. The summed E-state index contributed by atoms with van der Waals surface area (Å²) in [5.74, 6) is 0.593. The maximum absolute atomic E-state index is 11.4. The monoisotopic (exact) mass is 243 g/mol. The van der Waals surface area contributed by atoms with Crippen molar-refractivity contribution in [1.29, 1.82) is 0 Å². The first kappa shape index (κ1) is 13.3. The van der Waals surface area contributed by atoms with Gasteiger partial charge in [0.1, 0.15) is 0 Å². The Labute approximate surface area is 100 Å². The van der Waals surface area contributed by atoms with E-state index >= 15 is 0 Å². The zero-order valence-electron chi connectivity index (χ0n) is 10.6. The molecule has 1 heterocycles. The summed E-state index contributed by atoms with van der Waals surface area (Å²) in [5, 5.41) is 7.83. The average Bonchev–Trinajstić information content (AvgIpc) is 2.74. The molecule has 0 unspecified atom stereocenters. The molecule has 1 atom stereocenters. The van der Waals surface area contributed by atoms with Gasteiger partial charge < -0.3 is 4.74 Å². The molecule has 0 aromatic carbocycles. The normalized spacial score (nSPS) is 12.0. The largest absolute Gasteiger partial charge is 0.449 e. The number of ether oxygens (including phenoxy) is 1. The summed E-state index contributed by atoms with van der Waals surface area (Å²) in [7, 11) is 3.60. The Morgan fingerprint density at radius 3 is 2.94 bits per heavy atom. The smallest absolute Gasteiger partial charge is 0.414 e. The van der Waals surface area contributed by atoms with E-state index in [2.05, 4.69) is 10.6 Å². The highest BCUT2D eigenvalue weighted by atomic mass is 16.6. The van der Waals surface area contributed by atoms with Crippen molar-refractivity contribution < 1.29 is 18.8 Å². The van der Waals surface area contributed by atoms with E-state index in [9.17, 15) is 4.79 Å². The highest BCUT2D eigenvalue weighted by Gasteiger charge is 2.16. The first-order chi connectivity index (χ1) is 8.02. The minimum atomic E-state index is -0.535. The van der Waals surface area contributed by atoms with Crippen molar-refractivity contribution >= 4 is 12.0 Å². The fraction of sp³-hybridized carbons (Fsp3) is 0.700. The van der Waals surface area contributed by atoms with E-state index < -0.39 is 6.09 Å². The second-order valence-corrected chi connectivity index (χ2v) is 4.07. The van der Waals surface area contributed by atoms with Crippen LogP contribution in [0.2, 0.25) is 0 Å². The standard InChI is InChI=1S/C10H18N4O3/c1-5-8(2)7-16-10(15)11-9-6-14(12-17-9)13(3)4/h6,8H,5,7H2,1-4H3/p+1/t8-/m0/s1. The number of carbonyl (C=O) groups is 1. The van der Waals surface area contributed by atoms with Crippen LogP contribution in [-0.2, 0) is 4.74 Å². The summed E-state index contributed by atoms with van der Waals surface area (Å²) < 4.78 is 9.90. The Kier molecular flexibility index (Phi) is 4.74. The van der Waals surface area contributed by atoms with E-state index in [4.69, 9.17) is 9.26 Å². The van der Waals surface area contributed by atoms with E-state index in [1.54, 1.807) is 25.3 Å². The van der Waals surface area contributed by atoms with Crippen LogP contribution >= 0.6 is 0 Å². The second kappa shape index (κ2) is 6.07. The molecule has 17 heavy (non-hydrogen) atoms. The Bertz CT molecular complexity index is 364. The van der Waals surface area contributed by atoms with Crippen molar-refractivity contribution in [2.75, 3.05) is 31.0 Å². The number of hydrogen-bond donors (Lipinski definition) is 1. The van der Waals surface area contributed by atoms with Gasteiger partial charge in [0.2, 0.25) is 5.27 Å². The zero-order valence-corrected chi connectivity index (χ0v) is 10.6. The van der Waals surface area contributed by atoms with Crippen LogP contribution in [0.25, 0.3) is 0 Å². The number of aromatic nitrogens is 2. The van der Waals surface area contributed by atoms with Gasteiger partial charge in [0, 0.05) is 0 Å². The third kappa shape index (κ3) is 4.29. The molecule has 7 heteroatoms. The van der Waals surface area contributed by atoms with Crippen LogP contribution in [-0.4, -0.2) is 32.1 Å². The molecule has 1 rings (SSSR count). The molecule has 0 radical (unpaired) electrons. The average molecular weight is 243 g/mol. The maximum Gasteiger partial charge on any atom is 0.414 e. The number of rotatable bonds is 5. The molecule has 0 spiro atoms. The SMILES string of the molecule is CC[C@H](C)COC(=O)Nc1c[n+](N(C)C)no1. The Morgan fingerprint density at radius 1 is 1.71 bits per heavy atom. The maximum atomic E-state index is 11.4. The van der Waals surface area contributed by atoms with Gasteiger partial charge in [-0.15, -0.1) is 0 Å². The molecule has 0 aliphatic rings. The summed E-state index contributed by atoms with van der Waals surface area (Å²) in [5.41, 5.74) is 0. The van der Waals surface area contributed by atoms with E-state index in [1.807, 2.05) is 13.8 Å². The van der Waals surface area contributed by atoms with Crippen LogP contribution in [0.5, 0.6) is 0 Å². The molecule has 1 aromatic rings. The fourth-order valence-electron chi connectivity index (χ4n) is 0.954. The highest BCUT2D eigenvalue weighted by molar-refractivity contribution is 5.82. The third-order valence-electron chi connectivity index (χ3n) is 2.29. The number of nitrogens with zero attached hydrogens (tertiary/aromatic N) is 3. The lowest BCUT2D eigenvalue weighted by Gasteiger charge is -2.08. The number of nitrogens with one attached hydrogen (secondary N) is 1. The van der Waals surface area contributed by atoms with Crippen LogP contribution in [0.15, 0.2) is 10.7 Å². The highest BCUT2D eigenvalue weighted by Crippen LogP contribution is 2.04. The Balaban J connectivity index is 2.39. The molecule has 0 saturated carbocycles. The molecule has 96 valence electrons. The van der Waals surface area contributed by atoms with Crippen LogP contribution in [0.4, 0.5) is 10.7 Å². The molecule has 1 amide bonds. The molecule has 7 nitrogen and oxygen atoms in total. The minimum absolute atomic E-state index is 0.243. The van der Waals surface area contributed by atoms with Gasteiger partial charge in [-0.1, -0.05) is 20.3 Å². The summed E-state index contributed by atoms with van der Waals surface area (Å²) in [6.45, 7) is 4.45. The van der Waals surface area contributed by atoms with Gasteiger partial charge in [0.15, 0.2) is 0 Å². The van der Waals surface area contributed by atoms with Crippen molar-refractivity contribution in [1.82, 2.24) is 5.27 Å². The van der Waals surface area contributed by atoms with Crippen molar-refractivity contribution in [2.24, 2.45) is 5.92 Å². The molecule has 0 fully saturated rings. The van der Waals surface area contributed by atoms with Gasteiger partial charge in [0.05, 0.1) is 25.5 Å². The van der Waals surface area contributed by atoms with Crippen LogP contribution in [0.1, 0.15) is 20.3 Å². The zero-order chi connectivity index (χ0) is 12.8. The van der Waals surface area contributed by atoms with Gasteiger partial charge in [0.25, 0.3) is 6.20 Å². The lowest BCUT2D eigenvalue weighted by Crippen LogP contribution is -2.53. The molecule has 0 saturated heterocycles. The summed E-state index contributed by atoms with van der Waals surface area (Å²) >= 11 is 0. The van der Waals surface area contributed by atoms with E-state index in [-0.39, 0.29) is 5.88 Å². The molecular formula is C10H19N4O3+. The minimum Gasteiger partial charge on any atom is -0.449 e. The van der Waals surface area contributed by atoms with Crippen LogP contribution in [0.3, 0.4) is 0 Å². The van der Waals surface area contributed by atoms with Crippen LogP contribution in [0, 0.1) is 5.92 Å². The van der Waals surface area contributed by atoms with Crippen molar-refractivity contribution in [3.63, 3.8) is 0 Å². The Hall–Kier alpha value is -1.79. The molecule has 0 aliphatic heterocycles. The lowest BCUT2D eigenvalue weighted by atomic mass is 10.1. The summed E-state index contributed by atoms with van der Waals surface area (Å²) in [4.78, 5) is 12.8.